The lowest BCUT2D eigenvalue weighted by molar-refractivity contribution is -0.384. The number of nitro groups is 1. The fraction of sp³-hybridized carbons (Fsp3) is 0.111. The number of aliphatic hydroxyl groups excluding tert-OH is 1. The predicted molar refractivity (Wildman–Crippen MR) is 133 cm³/mol. The Morgan fingerprint density at radius 3 is 2.41 bits per heavy atom. The summed E-state index contributed by atoms with van der Waals surface area (Å²) in [6.07, 6.45) is 4.62. The van der Waals surface area contributed by atoms with Gasteiger partial charge in [0.1, 0.15) is 5.76 Å². The van der Waals surface area contributed by atoms with Gasteiger partial charge in [0.15, 0.2) is 0 Å². The zero-order valence-corrected chi connectivity index (χ0v) is 19.7. The maximum absolute atomic E-state index is 13.3. The zero-order chi connectivity index (χ0) is 26.1. The van der Waals surface area contributed by atoms with Crippen molar-refractivity contribution in [2.24, 2.45) is 0 Å². The van der Waals surface area contributed by atoms with Crippen LogP contribution in [-0.4, -0.2) is 41.4 Å². The number of hydrogen-bond donors (Lipinski definition) is 1. The van der Waals surface area contributed by atoms with Crippen LogP contribution in [0.1, 0.15) is 28.4 Å². The van der Waals surface area contributed by atoms with Crippen LogP contribution in [0.25, 0.3) is 11.4 Å². The number of nitrogens with zero attached hydrogens (tertiary/aromatic N) is 5. The Bertz CT molecular complexity index is 1530. The number of likely N-dealkylation sites (tertiary alicyclic amines) is 1. The van der Waals surface area contributed by atoms with Crippen molar-refractivity contribution in [1.82, 2.24) is 19.7 Å². The standard InChI is InChI=1S/C27H21N5O5/c1-17-22(15-29-31(17)20-7-3-2-4-8-20)25(33)23-24(19-9-11-21(12-10-19)32(36)37)30(27(35)26(23)34)16-18-6-5-13-28-14-18/h2-15,24,33H,16H2,1H3. The van der Waals surface area contributed by atoms with Crippen molar-refractivity contribution in [3.8, 4) is 5.69 Å². The van der Waals surface area contributed by atoms with E-state index in [0.29, 0.717) is 22.4 Å². The topological polar surface area (TPSA) is 131 Å². The summed E-state index contributed by atoms with van der Waals surface area (Å²) < 4.78 is 1.63. The SMILES string of the molecule is Cc1c(C(O)=C2C(=O)C(=O)N(Cc3cccnc3)C2c2ccc([N+](=O)[O-])cc2)cnn1-c1ccccc1. The molecule has 0 aliphatic carbocycles. The van der Waals surface area contributed by atoms with Gasteiger partial charge in [0.05, 0.1) is 39.7 Å². The van der Waals surface area contributed by atoms with E-state index in [-0.39, 0.29) is 23.6 Å². The molecule has 1 amide bonds. The summed E-state index contributed by atoms with van der Waals surface area (Å²) in [6, 6.07) is 17.4. The Kier molecular flexibility index (Phi) is 6.06. The van der Waals surface area contributed by atoms with Crippen molar-refractivity contribution in [3.05, 3.63) is 123 Å². The van der Waals surface area contributed by atoms with Crippen LogP contribution in [-0.2, 0) is 16.1 Å². The smallest absolute Gasteiger partial charge is 0.295 e. The molecule has 1 fully saturated rings. The Morgan fingerprint density at radius 2 is 1.76 bits per heavy atom. The molecule has 0 bridgehead atoms. The average Bonchev–Trinajstić information content (AvgIpc) is 3.42. The van der Waals surface area contributed by atoms with Crippen LogP contribution < -0.4 is 0 Å². The number of ketones is 1. The zero-order valence-electron chi connectivity index (χ0n) is 19.7. The number of hydrogen-bond acceptors (Lipinski definition) is 7. The summed E-state index contributed by atoms with van der Waals surface area (Å²) in [5.41, 5.74) is 2.53. The van der Waals surface area contributed by atoms with Crippen LogP contribution in [0.15, 0.2) is 90.9 Å². The molecule has 1 aliphatic heterocycles. The lowest BCUT2D eigenvalue weighted by atomic mass is 9.95. The average molecular weight is 495 g/mol. The van der Waals surface area contributed by atoms with Gasteiger partial charge >= 0.3 is 0 Å². The molecule has 4 aromatic rings. The Hall–Kier alpha value is -5.12. The second-order valence-electron chi connectivity index (χ2n) is 8.53. The molecule has 1 saturated heterocycles. The monoisotopic (exact) mass is 495 g/mol. The third-order valence-electron chi connectivity index (χ3n) is 6.30. The summed E-state index contributed by atoms with van der Waals surface area (Å²) >= 11 is 0. The molecule has 3 heterocycles. The molecule has 2 aromatic carbocycles. The Labute approximate surface area is 211 Å². The molecule has 1 unspecified atom stereocenters. The van der Waals surface area contributed by atoms with Gasteiger partial charge in [-0.2, -0.15) is 5.10 Å². The number of Topliss-reactive ketones (excluding diaryl/α,β-unsaturated/α-hetero) is 1. The number of amides is 1. The van der Waals surface area contributed by atoms with E-state index in [4.69, 9.17) is 0 Å². The molecule has 0 saturated carbocycles. The molecule has 0 radical (unpaired) electrons. The number of nitro benzene ring substituents is 1. The summed E-state index contributed by atoms with van der Waals surface area (Å²) in [4.78, 5) is 42.6. The minimum Gasteiger partial charge on any atom is -0.507 e. The number of pyridine rings is 1. The first-order valence-corrected chi connectivity index (χ1v) is 11.4. The number of rotatable bonds is 6. The largest absolute Gasteiger partial charge is 0.507 e. The molecule has 1 aliphatic rings. The number of carbonyl (C=O) groups excluding carboxylic acids is 2. The molecule has 0 spiro atoms. The van der Waals surface area contributed by atoms with Crippen LogP contribution in [0.4, 0.5) is 5.69 Å². The highest BCUT2D eigenvalue weighted by Gasteiger charge is 2.46. The second kappa shape index (κ2) is 9.50. The molecular weight excluding hydrogens is 474 g/mol. The predicted octanol–water partition coefficient (Wildman–Crippen LogP) is 4.11. The fourth-order valence-corrected chi connectivity index (χ4v) is 4.47. The van der Waals surface area contributed by atoms with Crippen molar-refractivity contribution in [2.45, 2.75) is 19.5 Å². The van der Waals surface area contributed by atoms with Crippen molar-refractivity contribution in [3.63, 3.8) is 0 Å². The van der Waals surface area contributed by atoms with E-state index in [9.17, 15) is 24.8 Å². The quantitative estimate of drug-likeness (QED) is 0.140. The lowest BCUT2D eigenvalue weighted by Gasteiger charge is -2.25. The van der Waals surface area contributed by atoms with E-state index in [1.165, 1.54) is 35.4 Å². The van der Waals surface area contributed by atoms with Crippen LogP contribution in [0.3, 0.4) is 0 Å². The van der Waals surface area contributed by atoms with Gasteiger partial charge in [-0.3, -0.25) is 24.7 Å². The van der Waals surface area contributed by atoms with Gasteiger partial charge in [0, 0.05) is 31.1 Å². The van der Waals surface area contributed by atoms with Gasteiger partial charge in [-0.15, -0.1) is 0 Å². The summed E-state index contributed by atoms with van der Waals surface area (Å²) in [5, 5.41) is 27.0. The minimum absolute atomic E-state index is 0.0547. The number of carbonyl (C=O) groups is 2. The first-order chi connectivity index (χ1) is 17.9. The van der Waals surface area contributed by atoms with Crippen molar-refractivity contribution in [2.75, 3.05) is 0 Å². The normalized spacial score (nSPS) is 16.8. The first-order valence-electron chi connectivity index (χ1n) is 11.4. The highest BCUT2D eigenvalue weighted by atomic mass is 16.6. The van der Waals surface area contributed by atoms with Gasteiger partial charge in [0.25, 0.3) is 17.4 Å². The van der Waals surface area contributed by atoms with Crippen molar-refractivity contribution < 1.29 is 19.6 Å². The van der Waals surface area contributed by atoms with E-state index < -0.39 is 22.7 Å². The van der Waals surface area contributed by atoms with Crippen molar-refractivity contribution in [1.29, 1.82) is 0 Å². The summed E-state index contributed by atoms with van der Waals surface area (Å²) in [7, 11) is 0. The molecule has 10 nitrogen and oxygen atoms in total. The first kappa shape index (κ1) is 23.6. The fourth-order valence-electron chi connectivity index (χ4n) is 4.47. The number of aliphatic hydroxyl groups is 1. The molecule has 1 atom stereocenters. The van der Waals surface area contributed by atoms with Crippen LogP contribution in [0.2, 0.25) is 0 Å². The minimum atomic E-state index is -0.972. The number of non-ortho nitro benzene ring substituents is 1. The van der Waals surface area contributed by atoms with Gasteiger partial charge in [-0.05, 0) is 48.4 Å². The number of para-hydroxylation sites is 1. The third kappa shape index (κ3) is 4.25. The highest BCUT2D eigenvalue weighted by Crippen LogP contribution is 2.41. The van der Waals surface area contributed by atoms with E-state index in [1.807, 2.05) is 30.3 Å². The van der Waals surface area contributed by atoms with E-state index in [1.54, 1.807) is 36.1 Å². The van der Waals surface area contributed by atoms with Crippen LogP contribution >= 0.6 is 0 Å². The molecule has 5 rings (SSSR count). The molecular formula is C27H21N5O5. The maximum Gasteiger partial charge on any atom is 0.295 e. The molecule has 2 aromatic heterocycles. The van der Waals surface area contributed by atoms with Gasteiger partial charge in [-0.25, -0.2) is 4.68 Å². The molecule has 1 N–H and O–H groups in total. The van der Waals surface area contributed by atoms with Crippen LogP contribution in [0.5, 0.6) is 0 Å². The van der Waals surface area contributed by atoms with Gasteiger partial charge < -0.3 is 10.0 Å². The van der Waals surface area contributed by atoms with Gasteiger partial charge in [-0.1, -0.05) is 24.3 Å². The third-order valence-corrected chi connectivity index (χ3v) is 6.30. The Morgan fingerprint density at radius 1 is 1.03 bits per heavy atom. The highest BCUT2D eigenvalue weighted by molar-refractivity contribution is 6.46. The van der Waals surface area contributed by atoms with Crippen LogP contribution in [0, 0.1) is 17.0 Å². The molecule has 10 heteroatoms. The Balaban J connectivity index is 1.65. The summed E-state index contributed by atoms with van der Waals surface area (Å²) in [6.45, 7) is 1.81. The molecule has 37 heavy (non-hydrogen) atoms. The second-order valence-corrected chi connectivity index (χ2v) is 8.53. The maximum atomic E-state index is 13.3. The number of aromatic nitrogens is 3. The number of benzene rings is 2. The molecule has 184 valence electrons. The van der Waals surface area contributed by atoms with Gasteiger partial charge in [0.2, 0.25) is 0 Å². The lowest BCUT2D eigenvalue weighted by Crippen LogP contribution is -2.29. The summed E-state index contributed by atoms with van der Waals surface area (Å²) in [5.74, 6) is -2.01. The van der Waals surface area contributed by atoms with Crippen molar-refractivity contribution >= 4 is 23.1 Å². The van der Waals surface area contributed by atoms with E-state index in [2.05, 4.69) is 10.1 Å². The van der Waals surface area contributed by atoms with E-state index >= 15 is 0 Å². The van der Waals surface area contributed by atoms with E-state index in [0.717, 1.165) is 5.69 Å².